The van der Waals surface area contributed by atoms with E-state index in [1.54, 1.807) is 24.3 Å². The van der Waals surface area contributed by atoms with Crippen LogP contribution in [0.4, 0.5) is 20.2 Å². The summed E-state index contributed by atoms with van der Waals surface area (Å²) in [5.41, 5.74) is 1.17. The molecule has 0 N–H and O–H groups in total. The minimum Gasteiger partial charge on any atom is -0.366 e. The molecular formula is C26H32F2N4O2. The number of amides is 2. The lowest BCUT2D eigenvalue weighted by molar-refractivity contribution is -0.133. The molecule has 0 radical (unpaired) electrons. The van der Waals surface area contributed by atoms with Gasteiger partial charge in [0.25, 0.3) is 0 Å². The van der Waals surface area contributed by atoms with E-state index in [-0.39, 0.29) is 23.4 Å². The maximum atomic E-state index is 14.0. The number of hydrogen-bond acceptors (Lipinski definition) is 4. The molecule has 0 aromatic heterocycles. The third kappa shape index (κ3) is 5.85. The summed E-state index contributed by atoms with van der Waals surface area (Å²) < 4.78 is 28.0. The van der Waals surface area contributed by atoms with Crippen LogP contribution in [-0.2, 0) is 9.59 Å². The van der Waals surface area contributed by atoms with Gasteiger partial charge in [-0.05, 0) is 37.1 Å². The molecule has 34 heavy (non-hydrogen) atoms. The van der Waals surface area contributed by atoms with E-state index < -0.39 is 0 Å². The van der Waals surface area contributed by atoms with Gasteiger partial charge in [0.15, 0.2) is 0 Å². The first-order valence-corrected chi connectivity index (χ1v) is 12.1. The summed E-state index contributed by atoms with van der Waals surface area (Å²) in [6.07, 6.45) is 2.20. The van der Waals surface area contributed by atoms with Gasteiger partial charge in [-0.1, -0.05) is 24.3 Å². The van der Waals surface area contributed by atoms with E-state index >= 15 is 0 Å². The molecule has 2 amide bonds. The molecule has 2 aliphatic rings. The molecule has 0 aliphatic carbocycles. The van der Waals surface area contributed by atoms with Crippen LogP contribution in [0.1, 0.15) is 25.7 Å². The number of halogens is 2. The van der Waals surface area contributed by atoms with Gasteiger partial charge in [-0.15, -0.1) is 0 Å². The quantitative estimate of drug-likeness (QED) is 0.581. The van der Waals surface area contributed by atoms with Gasteiger partial charge in [-0.2, -0.15) is 0 Å². The summed E-state index contributed by atoms with van der Waals surface area (Å²) >= 11 is 0. The topological polar surface area (TPSA) is 47.1 Å². The maximum absolute atomic E-state index is 14.0. The summed E-state index contributed by atoms with van der Waals surface area (Å²) in [6, 6.07) is 13.4. The van der Waals surface area contributed by atoms with Gasteiger partial charge in [0.2, 0.25) is 11.8 Å². The van der Waals surface area contributed by atoms with E-state index in [1.165, 1.54) is 12.1 Å². The highest BCUT2D eigenvalue weighted by Gasteiger charge is 2.24. The summed E-state index contributed by atoms with van der Waals surface area (Å²) in [5, 5.41) is 0. The number of carbonyl (C=O) groups is 2. The van der Waals surface area contributed by atoms with Crippen LogP contribution < -0.4 is 9.80 Å². The van der Waals surface area contributed by atoms with E-state index in [9.17, 15) is 18.4 Å². The number of piperazine rings is 2. The highest BCUT2D eigenvalue weighted by Crippen LogP contribution is 2.22. The number of unbranched alkanes of at least 4 members (excludes halogenated alkanes) is 1. The minimum absolute atomic E-state index is 0.0964. The fourth-order valence-electron chi connectivity index (χ4n) is 4.68. The predicted octanol–water partition coefficient (Wildman–Crippen LogP) is 3.52. The molecule has 0 unspecified atom stereocenters. The monoisotopic (exact) mass is 470 g/mol. The molecule has 0 atom stereocenters. The Hall–Kier alpha value is -3.16. The Morgan fingerprint density at radius 1 is 0.588 bits per heavy atom. The Morgan fingerprint density at radius 2 is 0.941 bits per heavy atom. The molecular weight excluding hydrogens is 438 g/mol. The average molecular weight is 471 g/mol. The second-order valence-electron chi connectivity index (χ2n) is 8.85. The van der Waals surface area contributed by atoms with Crippen LogP contribution in [0, 0.1) is 11.6 Å². The first-order chi connectivity index (χ1) is 16.5. The third-order valence-electron chi connectivity index (χ3n) is 6.68. The average Bonchev–Trinajstić information content (AvgIpc) is 2.87. The zero-order valence-electron chi connectivity index (χ0n) is 19.5. The Balaban J connectivity index is 1.12. The second-order valence-corrected chi connectivity index (χ2v) is 8.85. The van der Waals surface area contributed by atoms with Crippen LogP contribution in [0.2, 0.25) is 0 Å². The third-order valence-corrected chi connectivity index (χ3v) is 6.68. The van der Waals surface area contributed by atoms with E-state index in [0.29, 0.717) is 89.4 Å². The minimum atomic E-state index is -0.236. The Kier molecular flexibility index (Phi) is 7.98. The highest BCUT2D eigenvalue weighted by molar-refractivity contribution is 5.78. The first kappa shape index (κ1) is 24.0. The van der Waals surface area contributed by atoms with Crippen molar-refractivity contribution in [2.45, 2.75) is 25.7 Å². The largest absolute Gasteiger partial charge is 0.366 e. The first-order valence-electron chi connectivity index (χ1n) is 12.1. The molecule has 2 fully saturated rings. The molecule has 4 rings (SSSR count). The van der Waals surface area contributed by atoms with Gasteiger partial charge in [0.05, 0.1) is 11.4 Å². The van der Waals surface area contributed by atoms with Gasteiger partial charge >= 0.3 is 0 Å². The molecule has 2 saturated heterocycles. The zero-order valence-corrected chi connectivity index (χ0v) is 19.5. The van der Waals surface area contributed by atoms with Crippen molar-refractivity contribution in [3.63, 3.8) is 0 Å². The number of para-hydroxylation sites is 2. The number of rotatable bonds is 7. The zero-order chi connectivity index (χ0) is 23.9. The number of nitrogens with zero attached hydrogens (tertiary/aromatic N) is 4. The highest BCUT2D eigenvalue weighted by atomic mass is 19.1. The fraction of sp³-hybridized carbons (Fsp3) is 0.462. The van der Waals surface area contributed by atoms with Crippen LogP contribution >= 0.6 is 0 Å². The smallest absolute Gasteiger partial charge is 0.222 e. The van der Waals surface area contributed by atoms with Crippen molar-refractivity contribution in [1.29, 1.82) is 0 Å². The van der Waals surface area contributed by atoms with Gasteiger partial charge in [0.1, 0.15) is 11.6 Å². The number of carbonyl (C=O) groups excluding carboxylic acids is 2. The SMILES string of the molecule is O=C(CCCCC(=O)N1CCN(c2ccccc2F)CC1)N1CCN(c2ccccc2F)CC1. The molecule has 2 aromatic rings. The normalized spacial score (nSPS) is 16.6. The van der Waals surface area contributed by atoms with Crippen LogP contribution in [0.15, 0.2) is 48.5 Å². The molecule has 6 nitrogen and oxygen atoms in total. The van der Waals surface area contributed by atoms with Gasteiger partial charge in [-0.25, -0.2) is 8.78 Å². The summed E-state index contributed by atoms with van der Waals surface area (Å²) in [5.74, 6) is -0.278. The predicted molar refractivity (Wildman–Crippen MR) is 129 cm³/mol. The van der Waals surface area contributed by atoms with E-state index in [1.807, 2.05) is 31.7 Å². The molecule has 182 valence electrons. The van der Waals surface area contributed by atoms with Crippen molar-refractivity contribution >= 4 is 23.2 Å². The summed E-state index contributed by atoms with van der Waals surface area (Å²) in [7, 11) is 0. The lowest BCUT2D eigenvalue weighted by Crippen LogP contribution is -2.49. The number of hydrogen-bond donors (Lipinski definition) is 0. The van der Waals surface area contributed by atoms with Crippen molar-refractivity contribution in [2.24, 2.45) is 0 Å². The van der Waals surface area contributed by atoms with Crippen molar-refractivity contribution < 1.29 is 18.4 Å². The van der Waals surface area contributed by atoms with Crippen molar-refractivity contribution in [2.75, 3.05) is 62.2 Å². The van der Waals surface area contributed by atoms with E-state index in [0.717, 1.165) is 0 Å². The lowest BCUT2D eigenvalue weighted by Gasteiger charge is -2.36. The van der Waals surface area contributed by atoms with Crippen LogP contribution in [-0.4, -0.2) is 74.0 Å². The lowest BCUT2D eigenvalue weighted by atomic mass is 10.1. The Morgan fingerprint density at radius 3 is 1.29 bits per heavy atom. The van der Waals surface area contributed by atoms with Crippen LogP contribution in [0.5, 0.6) is 0 Å². The van der Waals surface area contributed by atoms with Gasteiger partial charge < -0.3 is 19.6 Å². The molecule has 2 heterocycles. The van der Waals surface area contributed by atoms with Crippen molar-refractivity contribution in [3.8, 4) is 0 Å². The maximum Gasteiger partial charge on any atom is 0.222 e. The van der Waals surface area contributed by atoms with E-state index in [4.69, 9.17) is 0 Å². The standard InChI is InChI=1S/C26H32F2N4O2/c27-21-7-1-3-9-23(21)29-13-17-31(18-14-29)25(33)11-5-6-12-26(34)32-19-15-30(16-20-32)24-10-4-2-8-22(24)28/h1-4,7-10H,5-6,11-20H2. The van der Waals surface area contributed by atoms with Gasteiger partial charge in [-0.3, -0.25) is 9.59 Å². The molecule has 8 heteroatoms. The molecule has 0 bridgehead atoms. The summed E-state index contributed by atoms with van der Waals surface area (Å²) in [6.45, 7) is 4.79. The Bertz CT molecular complexity index is 907. The molecule has 0 spiro atoms. The van der Waals surface area contributed by atoms with Crippen molar-refractivity contribution in [1.82, 2.24) is 9.80 Å². The molecule has 0 saturated carbocycles. The van der Waals surface area contributed by atoms with Crippen LogP contribution in [0.25, 0.3) is 0 Å². The number of anilines is 2. The van der Waals surface area contributed by atoms with E-state index in [2.05, 4.69) is 0 Å². The Labute approximate surface area is 199 Å². The molecule has 2 aromatic carbocycles. The number of benzene rings is 2. The fourth-order valence-corrected chi connectivity index (χ4v) is 4.68. The second kappa shape index (κ2) is 11.3. The molecule has 2 aliphatic heterocycles. The van der Waals surface area contributed by atoms with Crippen LogP contribution in [0.3, 0.4) is 0 Å². The summed E-state index contributed by atoms with van der Waals surface area (Å²) in [4.78, 5) is 32.7. The van der Waals surface area contributed by atoms with Gasteiger partial charge in [0, 0.05) is 65.2 Å². The van der Waals surface area contributed by atoms with Crippen molar-refractivity contribution in [3.05, 3.63) is 60.2 Å².